The molecule has 3 heterocycles. The third kappa shape index (κ3) is 3.20. The van der Waals surface area contributed by atoms with Gasteiger partial charge < -0.3 is 0 Å². The SMILES string of the molecule is Cc1cnc(-n2cnnc2)c(-c2cccc([C@@H](C)N3CCCC3)c2)c1. The molecule has 5 nitrogen and oxygen atoms in total. The summed E-state index contributed by atoms with van der Waals surface area (Å²) in [7, 11) is 0. The van der Waals surface area contributed by atoms with Crippen molar-refractivity contribution in [3.8, 4) is 16.9 Å². The van der Waals surface area contributed by atoms with E-state index in [2.05, 4.69) is 64.3 Å². The molecule has 0 spiro atoms. The number of pyridine rings is 1. The second-order valence-corrected chi connectivity index (χ2v) is 6.80. The number of rotatable bonds is 4. The van der Waals surface area contributed by atoms with Gasteiger partial charge in [0, 0.05) is 17.8 Å². The van der Waals surface area contributed by atoms with Gasteiger partial charge in [-0.15, -0.1) is 10.2 Å². The van der Waals surface area contributed by atoms with E-state index in [1.807, 2.05) is 10.8 Å². The molecule has 4 rings (SSSR count). The van der Waals surface area contributed by atoms with E-state index >= 15 is 0 Å². The molecule has 0 aliphatic carbocycles. The van der Waals surface area contributed by atoms with Crippen molar-refractivity contribution in [2.45, 2.75) is 32.7 Å². The summed E-state index contributed by atoms with van der Waals surface area (Å²) in [4.78, 5) is 7.19. The molecule has 128 valence electrons. The van der Waals surface area contributed by atoms with Crippen LogP contribution in [-0.4, -0.2) is 37.7 Å². The average molecular weight is 333 g/mol. The van der Waals surface area contributed by atoms with E-state index in [0.29, 0.717) is 6.04 Å². The first-order valence-corrected chi connectivity index (χ1v) is 8.88. The minimum atomic E-state index is 0.443. The van der Waals surface area contributed by atoms with E-state index in [4.69, 9.17) is 0 Å². The number of aryl methyl sites for hydroxylation is 1. The van der Waals surface area contributed by atoms with Gasteiger partial charge in [-0.1, -0.05) is 18.2 Å². The normalized spacial score (nSPS) is 16.2. The topological polar surface area (TPSA) is 46.8 Å². The highest BCUT2D eigenvalue weighted by molar-refractivity contribution is 5.72. The number of hydrogen-bond donors (Lipinski definition) is 0. The molecular weight excluding hydrogens is 310 g/mol. The highest BCUT2D eigenvalue weighted by Gasteiger charge is 2.20. The van der Waals surface area contributed by atoms with Crippen LogP contribution in [0.15, 0.2) is 49.2 Å². The van der Waals surface area contributed by atoms with Crippen LogP contribution in [0.1, 0.15) is 36.9 Å². The standard InChI is InChI=1S/C20H23N5/c1-15-10-19(20(21-12-15)25-13-22-23-14-25)18-7-5-6-17(11-18)16(2)24-8-3-4-9-24/h5-7,10-14,16H,3-4,8-9H2,1-2H3/t16-/m1/s1. The van der Waals surface area contributed by atoms with Gasteiger partial charge >= 0.3 is 0 Å². The summed E-state index contributed by atoms with van der Waals surface area (Å²) in [6, 6.07) is 11.5. The van der Waals surface area contributed by atoms with Crippen LogP contribution in [0.5, 0.6) is 0 Å². The number of hydrogen-bond acceptors (Lipinski definition) is 4. The van der Waals surface area contributed by atoms with Crippen molar-refractivity contribution in [2.75, 3.05) is 13.1 Å². The molecule has 0 bridgehead atoms. The maximum absolute atomic E-state index is 4.62. The molecule has 0 N–H and O–H groups in total. The number of nitrogens with zero attached hydrogens (tertiary/aromatic N) is 5. The highest BCUT2D eigenvalue weighted by Crippen LogP contribution is 2.31. The molecule has 0 saturated carbocycles. The molecule has 0 radical (unpaired) electrons. The summed E-state index contributed by atoms with van der Waals surface area (Å²) in [6.45, 7) is 6.77. The lowest BCUT2D eigenvalue weighted by Gasteiger charge is -2.24. The molecule has 3 aromatic rings. The number of likely N-dealkylation sites (tertiary alicyclic amines) is 1. The van der Waals surface area contributed by atoms with E-state index in [1.165, 1.54) is 37.1 Å². The molecule has 1 fully saturated rings. The van der Waals surface area contributed by atoms with Crippen molar-refractivity contribution in [1.29, 1.82) is 0 Å². The van der Waals surface area contributed by atoms with Crippen LogP contribution in [-0.2, 0) is 0 Å². The van der Waals surface area contributed by atoms with Crippen LogP contribution < -0.4 is 0 Å². The first kappa shape index (κ1) is 16.0. The zero-order valence-electron chi connectivity index (χ0n) is 14.8. The Morgan fingerprint density at radius 2 is 1.80 bits per heavy atom. The number of benzene rings is 1. The van der Waals surface area contributed by atoms with E-state index in [-0.39, 0.29) is 0 Å². The summed E-state index contributed by atoms with van der Waals surface area (Å²) >= 11 is 0. The summed E-state index contributed by atoms with van der Waals surface area (Å²) in [5, 5.41) is 7.84. The van der Waals surface area contributed by atoms with Crippen LogP contribution in [0.4, 0.5) is 0 Å². The minimum Gasteiger partial charge on any atom is -0.297 e. The second kappa shape index (κ2) is 6.76. The Balaban J connectivity index is 1.75. The Bertz CT molecular complexity index is 850. The molecule has 1 aliphatic heterocycles. The van der Waals surface area contributed by atoms with E-state index in [1.54, 1.807) is 12.7 Å². The van der Waals surface area contributed by atoms with E-state index in [0.717, 1.165) is 16.9 Å². The van der Waals surface area contributed by atoms with Gasteiger partial charge in [-0.3, -0.25) is 9.47 Å². The average Bonchev–Trinajstić information content (AvgIpc) is 3.35. The fourth-order valence-electron chi connectivity index (χ4n) is 3.60. The quantitative estimate of drug-likeness (QED) is 0.729. The van der Waals surface area contributed by atoms with Gasteiger partial charge in [0.15, 0.2) is 0 Å². The van der Waals surface area contributed by atoms with Gasteiger partial charge in [-0.05, 0) is 68.6 Å². The minimum absolute atomic E-state index is 0.443. The third-order valence-corrected chi connectivity index (χ3v) is 5.04. The zero-order valence-corrected chi connectivity index (χ0v) is 14.8. The van der Waals surface area contributed by atoms with Gasteiger partial charge in [-0.2, -0.15) is 0 Å². The van der Waals surface area contributed by atoms with Crippen LogP contribution in [0.2, 0.25) is 0 Å². The predicted molar refractivity (Wildman–Crippen MR) is 98.5 cm³/mol. The summed E-state index contributed by atoms with van der Waals surface area (Å²) in [5.41, 5.74) is 4.79. The van der Waals surface area contributed by atoms with Gasteiger partial charge in [0.25, 0.3) is 0 Å². The molecule has 2 aromatic heterocycles. The third-order valence-electron chi connectivity index (χ3n) is 5.04. The van der Waals surface area contributed by atoms with Crippen molar-refractivity contribution in [3.63, 3.8) is 0 Å². The summed E-state index contributed by atoms with van der Waals surface area (Å²) in [6.07, 6.45) is 7.89. The second-order valence-electron chi connectivity index (χ2n) is 6.80. The lowest BCUT2D eigenvalue weighted by Crippen LogP contribution is -2.23. The van der Waals surface area contributed by atoms with Crippen LogP contribution in [0, 0.1) is 6.92 Å². The molecule has 5 heteroatoms. The Morgan fingerprint density at radius 1 is 1.04 bits per heavy atom. The van der Waals surface area contributed by atoms with Crippen LogP contribution in [0.25, 0.3) is 16.9 Å². The van der Waals surface area contributed by atoms with Crippen LogP contribution >= 0.6 is 0 Å². The van der Waals surface area contributed by atoms with Crippen molar-refractivity contribution in [2.24, 2.45) is 0 Å². The Hall–Kier alpha value is -2.53. The Labute approximate surface area is 148 Å². The van der Waals surface area contributed by atoms with Crippen molar-refractivity contribution >= 4 is 0 Å². The molecular formula is C20H23N5. The molecule has 1 saturated heterocycles. The lowest BCUT2D eigenvalue weighted by atomic mass is 9.99. The molecule has 1 aliphatic rings. The Kier molecular flexibility index (Phi) is 4.32. The summed E-state index contributed by atoms with van der Waals surface area (Å²) in [5.74, 6) is 0.863. The van der Waals surface area contributed by atoms with Gasteiger partial charge in [0.05, 0.1) is 0 Å². The maximum Gasteiger partial charge on any atom is 0.147 e. The van der Waals surface area contributed by atoms with Crippen LogP contribution in [0.3, 0.4) is 0 Å². The zero-order chi connectivity index (χ0) is 17.2. The van der Waals surface area contributed by atoms with Crippen molar-refractivity contribution < 1.29 is 0 Å². The number of aromatic nitrogens is 4. The van der Waals surface area contributed by atoms with Crippen molar-refractivity contribution in [3.05, 3.63) is 60.3 Å². The molecule has 25 heavy (non-hydrogen) atoms. The van der Waals surface area contributed by atoms with Crippen molar-refractivity contribution in [1.82, 2.24) is 24.6 Å². The fraction of sp³-hybridized carbons (Fsp3) is 0.350. The molecule has 0 unspecified atom stereocenters. The Morgan fingerprint density at radius 3 is 2.56 bits per heavy atom. The van der Waals surface area contributed by atoms with Gasteiger partial charge in [0.1, 0.15) is 18.5 Å². The predicted octanol–water partition coefficient (Wildman–Crippen LogP) is 3.79. The fourth-order valence-corrected chi connectivity index (χ4v) is 3.60. The largest absolute Gasteiger partial charge is 0.297 e. The van der Waals surface area contributed by atoms with Gasteiger partial charge in [-0.25, -0.2) is 4.98 Å². The monoisotopic (exact) mass is 333 g/mol. The highest BCUT2D eigenvalue weighted by atomic mass is 15.2. The molecule has 1 atom stereocenters. The van der Waals surface area contributed by atoms with E-state index < -0.39 is 0 Å². The van der Waals surface area contributed by atoms with E-state index in [9.17, 15) is 0 Å². The maximum atomic E-state index is 4.62. The molecule has 1 aromatic carbocycles. The smallest absolute Gasteiger partial charge is 0.147 e. The summed E-state index contributed by atoms with van der Waals surface area (Å²) < 4.78 is 1.87. The lowest BCUT2D eigenvalue weighted by molar-refractivity contribution is 0.263. The molecule has 0 amide bonds. The van der Waals surface area contributed by atoms with Gasteiger partial charge in [0.2, 0.25) is 0 Å². The first-order chi connectivity index (χ1) is 12.2. The first-order valence-electron chi connectivity index (χ1n) is 8.88.